The van der Waals surface area contributed by atoms with E-state index in [1.54, 1.807) is 0 Å². The highest BCUT2D eigenvalue weighted by Crippen LogP contribution is 2.25. The zero-order valence-corrected chi connectivity index (χ0v) is 15.7. The number of rotatable bonds is 7. The third-order valence-electron chi connectivity index (χ3n) is 3.91. The van der Waals surface area contributed by atoms with Gasteiger partial charge in [0.2, 0.25) is 0 Å². The number of likely N-dealkylation sites (N-methyl/N-ethyl adjacent to an activating group) is 1. The van der Waals surface area contributed by atoms with Gasteiger partial charge in [0.15, 0.2) is 0 Å². The maximum atomic E-state index is 6.20. The van der Waals surface area contributed by atoms with Gasteiger partial charge in [-0.15, -0.1) is 24.8 Å². The van der Waals surface area contributed by atoms with Crippen molar-refractivity contribution in [3.05, 3.63) is 28.8 Å². The molecule has 1 N–H and O–H groups in total. The smallest absolute Gasteiger partial charge is 0.137 e. The quantitative estimate of drug-likeness (QED) is 0.781. The van der Waals surface area contributed by atoms with Crippen LogP contribution in [-0.2, 0) is 6.54 Å². The van der Waals surface area contributed by atoms with Gasteiger partial charge in [-0.25, -0.2) is 0 Å². The fourth-order valence-electron chi connectivity index (χ4n) is 2.85. The fraction of sp³-hybridized carbons (Fsp3) is 0.625. The third-order valence-corrected chi connectivity index (χ3v) is 4.21. The minimum Gasteiger partial charge on any atom is -0.492 e. The number of benzene rings is 1. The molecule has 0 bridgehead atoms. The van der Waals surface area contributed by atoms with Gasteiger partial charge >= 0.3 is 0 Å². The van der Waals surface area contributed by atoms with E-state index in [1.807, 2.05) is 19.1 Å². The molecular weight excluding hydrogens is 343 g/mol. The van der Waals surface area contributed by atoms with Crippen molar-refractivity contribution in [1.29, 1.82) is 0 Å². The van der Waals surface area contributed by atoms with Crippen molar-refractivity contribution in [2.45, 2.75) is 39.3 Å². The molecule has 1 aliphatic rings. The Hall–Kier alpha value is -0.190. The molecule has 1 aromatic carbocycles. The summed E-state index contributed by atoms with van der Waals surface area (Å²) in [5, 5.41) is 4.24. The standard InChI is InChI=1S/C16H25ClN2O.2ClH/c1-3-19-9-5-6-14(19)12-18-11-13-7-8-16(20-4-2)15(17)10-13;;/h7-8,10,14,18H,3-6,9,11-12H2,1-2H3;2*1H. The highest BCUT2D eigenvalue weighted by Gasteiger charge is 2.21. The predicted molar refractivity (Wildman–Crippen MR) is 99.1 cm³/mol. The number of hydrogen-bond acceptors (Lipinski definition) is 3. The average molecular weight is 370 g/mol. The van der Waals surface area contributed by atoms with E-state index in [0.29, 0.717) is 17.7 Å². The molecule has 22 heavy (non-hydrogen) atoms. The molecule has 1 aromatic rings. The lowest BCUT2D eigenvalue weighted by atomic mass is 10.2. The van der Waals surface area contributed by atoms with Crippen molar-refractivity contribution >= 4 is 36.4 Å². The summed E-state index contributed by atoms with van der Waals surface area (Å²) in [6.45, 7) is 9.17. The highest BCUT2D eigenvalue weighted by atomic mass is 35.5. The molecule has 0 radical (unpaired) electrons. The molecular formula is C16H27Cl3N2O. The van der Waals surface area contributed by atoms with E-state index in [2.05, 4.69) is 23.2 Å². The molecule has 0 amide bonds. The van der Waals surface area contributed by atoms with Crippen molar-refractivity contribution in [1.82, 2.24) is 10.2 Å². The minimum atomic E-state index is 0. The SMILES string of the molecule is CCOc1ccc(CNCC2CCCN2CC)cc1Cl.Cl.Cl. The van der Waals surface area contributed by atoms with Crippen LogP contribution in [0.5, 0.6) is 5.75 Å². The Morgan fingerprint density at radius 1 is 1.32 bits per heavy atom. The number of halogens is 3. The van der Waals surface area contributed by atoms with Gasteiger partial charge in [-0.1, -0.05) is 24.6 Å². The first kappa shape index (κ1) is 21.8. The van der Waals surface area contributed by atoms with Crippen molar-refractivity contribution in [2.75, 3.05) is 26.2 Å². The largest absolute Gasteiger partial charge is 0.492 e. The second kappa shape index (κ2) is 11.4. The Labute approximate surface area is 151 Å². The van der Waals surface area contributed by atoms with E-state index in [4.69, 9.17) is 16.3 Å². The van der Waals surface area contributed by atoms with Crippen molar-refractivity contribution < 1.29 is 4.74 Å². The predicted octanol–water partition coefficient (Wildman–Crippen LogP) is 4.16. The highest BCUT2D eigenvalue weighted by molar-refractivity contribution is 6.32. The van der Waals surface area contributed by atoms with Crippen LogP contribution in [0.2, 0.25) is 5.02 Å². The zero-order valence-electron chi connectivity index (χ0n) is 13.3. The minimum absolute atomic E-state index is 0. The molecule has 2 rings (SSSR count). The Morgan fingerprint density at radius 3 is 2.73 bits per heavy atom. The lowest BCUT2D eigenvalue weighted by molar-refractivity contribution is 0.260. The van der Waals surface area contributed by atoms with E-state index >= 15 is 0 Å². The van der Waals surface area contributed by atoms with E-state index in [-0.39, 0.29) is 24.8 Å². The summed E-state index contributed by atoms with van der Waals surface area (Å²) in [5.41, 5.74) is 1.21. The van der Waals surface area contributed by atoms with Crippen LogP contribution in [-0.4, -0.2) is 37.2 Å². The summed E-state index contributed by atoms with van der Waals surface area (Å²) in [5.74, 6) is 0.769. The van der Waals surface area contributed by atoms with E-state index in [9.17, 15) is 0 Å². The molecule has 1 atom stereocenters. The second-order valence-corrected chi connectivity index (χ2v) is 5.66. The number of hydrogen-bond donors (Lipinski definition) is 1. The average Bonchev–Trinajstić information content (AvgIpc) is 2.89. The fourth-order valence-corrected chi connectivity index (χ4v) is 3.11. The van der Waals surface area contributed by atoms with Crippen molar-refractivity contribution in [2.24, 2.45) is 0 Å². The normalized spacial score (nSPS) is 17.7. The summed E-state index contributed by atoms with van der Waals surface area (Å²) in [4.78, 5) is 2.55. The van der Waals surface area contributed by atoms with Gasteiger partial charge in [0.1, 0.15) is 5.75 Å². The summed E-state index contributed by atoms with van der Waals surface area (Å²) in [6, 6.07) is 6.72. The van der Waals surface area contributed by atoms with Gasteiger partial charge in [0.05, 0.1) is 11.6 Å². The van der Waals surface area contributed by atoms with Crippen molar-refractivity contribution in [3.8, 4) is 5.75 Å². The second-order valence-electron chi connectivity index (χ2n) is 5.25. The van der Waals surface area contributed by atoms with Crippen LogP contribution >= 0.6 is 36.4 Å². The molecule has 1 unspecified atom stereocenters. The van der Waals surface area contributed by atoms with Gasteiger partial charge in [-0.05, 0) is 50.6 Å². The van der Waals surface area contributed by atoms with Gasteiger partial charge in [0, 0.05) is 19.1 Å². The van der Waals surface area contributed by atoms with Crippen LogP contribution in [0.4, 0.5) is 0 Å². The molecule has 0 saturated carbocycles. The maximum absolute atomic E-state index is 6.20. The number of nitrogens with one attached hydrogen (secondary N) is 1. The van der Waals surface area contributed by atoms with E-state index < -0.39 is 0 Å². The molecule has 6 heteroatoms. The monoisotopic (exact) mass is 368 g/mol. The maximum Gasteiger partial charge on any atom is 0.137 e. The summed E-state index contributed by atoms with van der Waals surface area (Å²) < 4.78 is 5.45. The van der Waals surface area contributed by atoms with Crippen LogP contribution in [0.25, 0.3) is 0 Å². The van der Waals surface area contributed by atoms with E-state index in [0.717, 1.165) is 25.4 Å². The van der Waals surface area contributed by atoms with Gasteiger partial charge in [-0.3, -0.25) is 4.90 Å². The molecule has 128 valence electrons. The Balaban J connectivity index is 0.00000220. The summed E-state index contributed by atoms with van der Waals surface area (Å²) >= 11 is 6.20. The van der Waals surface area contributed by atoms with E-state index in [1.165, 1.54) is 24.9 Å². The molecule has 1 heterocycles. The Kier molecular flexibility index (Phi) is 11.3. The Bertz CT molecular complexity index is 432. The van der Waals surface area contributed by atoms with Crippen LogP contribution in [0, 0.1) is 0 Å². The molecule has 1 fully saturated rings. The van der Waals surface area contributed by atoms with Gasteiger partial charge < -0.3 is 10.1 Å². The van der Waals surface area contributed by atoms with Crippen LogP contribution in [0.15, 0.2) is 18.2 Å². The Morgan fingerprint density at radius 2 is 2.09 bits per heavy atom. The first-order valence-corrected chi connectivity index (χ1v) is 7.98. The number of nitrogens with zero attached hydrogens (tertiary/aromatic N) is 1. The molecule has 0 aliphatic carbocycles. The summed E-state index contributed by atoms with van der Waals surface area (Å²) in [6.07, 6.45) is 2.64. The van der Waals surface area contributed by atoms with Gasteiger partial charge in [-0.2, -0.15) is 0 Å². The van der Waals surface area contributed by atoms with Crippen LogP contribution < -0.4 is 10.1 Å². The molecule has 0 spiro atoms. The molecule has 3 nitrogen and oxygen atoms in total. The topological polar surface area (TPSA) is 24.5 Å². The number of ether oxygens (including phenoxy) is 1. The molecule has 1 saturated heterocycles. The number of likely N-dealkylation sites (tertiary alicyclic amines) is 1. The zero-order chi connectivity index (χ0) is 14.4. The third kappa shape index (κ3) is 6.13. The first-order chi connectivity index (χ1) is 9.74. The molecule has 0 aromatic heterocycles. The van der Waals surface area contributed by atoms with Crippen molar-refractivity contribution in [3.63, 3.8) is 0 Å². The van der Waals surface area contributed by atoms with Crippen LogP contribution in [0.3, 0.4) is 0 Å². The lowest BCUT2D eigenvalue weighted by Crippen LogP contribution is -2.37. The lowest BCUT2D eigenvalue weighted by Gasteiger charge is -2.23. The molecule has 1 aliphatic heterocycles. The summed E-state index contributed by atoms with van der Waals surface area (Å²) in [7, 11) is 0. The van der Waals surface area contributed by atoms with Gasteiger partial charge in [0.25, 0.3) is 0 Å². The first-order valence-electron chi connectivity index (χ1n) is 7.60. The van der Waals surface area contributed by atoms with Crippen LogP contribution in [0.1, 0.15) is 32.3 Å².